The summed E-state index contributed by atoms with van der Waals surface area (Å²) in [7, 11) is 0. The third-order valence-electron chi connectivity index (χ3n) is 11.6. The maximum atomic E-state index is 13.4. The second kappa shape index (κ2) is 7.18. The first-order valence-corrected chi connectivity index (χ1v) is 13.2. The van der Waals surface area contributed by atoms with E-state index in [1.807, 2.05) is 13.0 Å². The van der Waals surface area contributed by atoms with E-state index in [4.69, 9.17) is 4.42 Å². The summed E-state index contributed by atoms with van der Waals surface area (Å²) >= 11 is 0. The van der Waals surface area contributed by atoms with Gasteiger partial charge >= 0.3 is 0 Å². The standard InChI is InChI=1S/C30H42O3/c1-18-16-23(33-17-18)26(32)19(2)20-10-14-30(7)22-8-9-24-27(3,4)25(31)12-13-28(24,5)21(22)11-15-29(20,30)6/h16-17,19-20,24H,8-15H2,1-7H3. The summed E-state index contributed by atoms with van der Waals surface area (Å²) in [6.07, 6.45) is 10.3. The van der Waals surface area contributed by atoms with Gasteiger partial charge in [0.05, 0.1) is 6.26 Å². The number of hydrogen-bond acceptors (Lipinski definition) is 3. The average molecular weight is 451 g/mol. The van der Waals surface area contributed by atoms with Gasteiger partial charge in [-0.3, -0.25) is 9.59 Å². The Morgan fingerprint density at radius 2 is 1.73 bits per heavy atom. The van der Waals surface area contributed by atoms with Crippen LogP contribution in [0.25, 0.3) is 0 Å². The monoisotopic (exact) mass is 450 g/mol. The molecule has 5 rings (SSSR count). The molecule has 3 heteroatoms. The topological polar surface area (TPSA) is 47.3 Å². The Morgan fingerprint density at radius 3 is 2.39 bits per heavy atom. The van der Waals surface area contributed by atoms with Crippen LogP contribution in [0.15, 0.2) is 27.9 Å². The molecule has 4 aliphatic carbocycles. The molecule has 0 spiro atoms. The Bertz CT molecular complexity index is 1040. The number of furan rings is 1. The first-order valence-electron chi connectivity index (χ1n) is 13.2. The molecule has 2 fully saturated rings. The van der Waals surface area contributed by atoms with Crippen molar-refractivity contribution in [3.63, 3.8) is 0 Å². The summed E-state index contributed by atoms with van der Waals surface area (Å²) in [5.74, 6) is 1.96. The summed E-state index contributed by atoms with van der Waals surface area (Å²) < 4.78 is 5.60. The van der Waals surface area contributed by atoms with Gasteiger partial charge in [-0.2, -0.15) is 0 Å². The summed E-state index contributed by atoms with van der Waals surface area (Å²) in [5, 5.41) is 0. The molecule has 0 N–H and O–H groups in total. The zero-order valence-corrected chi connectivity index (χ0v) is 21.8. The van der Waals surface area contributed by atoms with Crippen LogP contribution >= 0.6 is 0 Å². The lowest BCUT2D eigenvalue weighted by Gasteiger charge is -2.60. The summed E-state index contributed by atoms with van der Waals surface area (Å²) in [4.78, 5) is 26.2. The highest BCUT2D eigenvalue weighted by Crippen LogP contribution is 2.72. The smallest absolute Gasteiger partial charge is 0.201 e. The highest BCUT2D eigenvalue weighted by molar-refractivity contribution is 5.95. The van der Waals surface area contributed by atoms with Crippen molar-refractivity contribution in [2.45, 2.75) is 99.8 Å². The van der Waals surface area contributed by atoms with Crippen molar-refractivity contribution in [3.8, 4) is 0 Å². The van der Waals surface area contributed by atoms with E-state index in [9.17, 15) is 9.59 Å². The molecule has 1 heterocycles. The number of aryl methyl sites for hydroxylation is 1. The molecule has 33 heavy (non-hydrogen) atoms. The molecule has 1 aromatic heterocycles. The Balaban J connectivity index is 1.50. The van der Waals surface area contributed by atoms with Gasteiger partial charge in [-0.15, -0.1) is 0 Å². The number of rotatable bonds is 3. The molecule has 1 aromatic rings. The highest BCUT2D eigenvalue weighted by atomic mass is 16.3. The Kier molecular flexibility index (Phi) is 5.03. The molecule has 2 saturated carbocycles. The number of Topliss-reactive ketones (excluding diaryl/α,β-unsaturated/α-hetero) is 2. The fourth-order valence-corrected chi connectivity index (χ4v) is 9.30. The molecule has 0 saturated heterocycles. The number of fused-ring (bicyclic) bond motifs is 4. The Labute approximate surface area is 199 Å². The molecular weight excluding hydrogens is 408 g/mol. The molecule has 0 radical (unpaired) electrons. The Morgan fingerprint density at radius 1 is 1.00 bits per heavy atom. The maximum absolute atomic E-state index is 13.4. The van der Waals surface area contributed by atoms with Crippen LogP contribution in [0, 0.1) is 46.3 Å². The van der Waals surface area contributed by atoms with Crippen molar-refractivity contribution >= 4 is 11.6 Å². The maximum Gasteiger partial charge on any atom is 0.201 e. The Hall–Kier alpha value is -1.64. The van der Waals surface area contributed by atoms with Gasteiger partial charge in [0.1, 0.15) is 5.78 Å². The number of ketones is 2. The second-order valence-electron chi connectivity index (χ2n) is 13.1. The average Bonchev–Trinajstić information content (AvgIpc) is 3.31. The van der Waals surface area contributed by atoms with E-state index in [-0.39, 0.29) is 33.4 Å². The summed E-state index contributed by atoms with van der Waals surface area (Å²) in [5.41, 5.74) is 4.63. The van der Waals surface area contributed by atoms with E-state index in [0.717, 1.165) is 50.5 Å². The summed E-state index contributed by atoms with van der Waals surface area (Å²) in [6.45, 7) is 16.0. The van der Waals surface area contributed by atoms with E-state index >= 15 is 0 Å². The normalized spacial score (nSPS) is 40.8. The molecule has 3 nitrogen and oxygen atoms in total. The van der Waals surface area contributed by atoms with Crippen molar-refractivity contribution in [1.29, 1.82) is 0 Å². The number of carbonyl (C=O) groups is 2. The van der Waals surface area contributed by atoms with E-state index in [2.05, 4.69) is 41.5 Å². The fraction of sp³-hybridized carbons (Fsp3) is 0.733. The number of carbonyl (C=O) groups excluding carboxylic acids is 2. The quantitative estimate of drug-likeness (QED) is 0.350. The van der Waals surface area contributed by atoms with E-state index < -0.39 is 0 Å². The third kappa shape index (κ3) is 2.93. The van der Waals surface area contributed by atoms with E-state index in [1.165, 1.54) is 6.42 Å². The fourth-order valence-electron chi connectivity index (χ4n) is 9.30. The van der Waals surface area contributed by atoms with Crippen LogP contribution in [-0.2, 0) is 4.79 Å². The van der Waals surface area contributed by atoms with Crippen molar-refractivity contribution in [2.75, 3.05) is 0 Å². The van der Waals surface area contributed by atoms with Crippen molar-refractivity contribution < 1.29 is 14.0 Å². The zero-order chi connectivity index (χ0) is 24.0. The molecule has 0 bridgehead atoms. The first-order chi connectivity index (χ1) is 15.4. The van der Waals surface area contributed by atoms with Gasteiger partial charge in [0.15, 0.2) is 5.76 Å². The molecular formula is C30H42O3. The molecule has 4 aliphatic rings. The summed E-state index contributed by atoms with van der Waals surface area (Å²) in [6, 6.07) is 1.89. The number of hydrogen-bond donors (Lipinski definition) is 0. The van der Waals surface area contributed by atoms with Gasteiger partial charge in [-0.05, 0) is 91.6 Å². The van der Waals surface area contributed by atoms with Gasteiger partial charge in [0.2, 0.25) is 5.78 Å². The molecule has 180 valence electrons. The minimum absolute atomic E-state index is 0.0253. The molecule has 6 atom stereocenters. The van der Waals surface area contributed by atoms with Crippen LogP contribution in [-0.4, -0.2) is 11.6 Å². The molecule has 0 amide bonds. The number of allylic oxidation sites excluding steroid dienone is 2. The van der Waals surface area contributed by atoms with Gasteiger partial charge in [-0.1, -0.05) is 52.7 Å². The molecule has 0 aromatic carbocycles. The predicted molar refractivity (Wildman–Crippen MR) is 131 cm³/mol. The minimum Gasteiger partial charge on any atom is -0.461 e. The van der Waals surface area contributed by atoms with Crippen LogP contribution < -0.4 is 0 Å². The van der Waals surface area contributed by atoms with Crippen LogP contribution in [0.4, 0.5) is 0 Å². The largest absolute Gasteiger partial charge is 0.461 e. The first kappa shape index (κ1) is 23.1. The highest BCUT2D eigenvalue weighted by Gasteiger charge is 2.63. The van der Waals surface area contributed by atoms with Crippen LogP contribution in [0.2, 0.25) is 0 Å². The van der Waals surface area contributed by atoms with Gasteiger partial charge in [-0.25, -0.2) is 0 Å². The van der Waals surface area contributed by atoms with Crippen LogP contribution in [0.5, 0.6) is 0 Å². The molecule has 6 unspecified atom stereocenters. The minimum atomic E-state index is -0.215. The molecule has 0 aliphatic heterocycles. The second-order valence-corrected chi connectivity index (χ2v) is 13.1. The lowest BCUT2D eigenvalue weighted by atomic mass is 9.43. The zero-order valence-electron chi connectivity index (χ0n) is 21.8. The van der Waals surface area contributed by atoms with E-state index in [1.54, 1.807) is 17.4 Å². The van der Waals surface area contributed by atoms with Crippen LogP contribution in [0.1, 0.15) is 109 Å². The van der Waals surface area contributed by atoms with Gasteiger partial charge in [0, 0.05) is 17.8 Å². The van der Waals surface area contributed by atoms with Crippen molar-refractivity contribution in [1.82, 2.24) is 0 Å². The van der Waals surface area contributed by atoms with Gasteiger partial charge < -0.3 is 4.42 Å². The lowest BCUT2D eigenvalue weighted by Crippen LogP contribution is -2.54. The third-order valence-corrected chi connectivity index (χ3v) is 11.6. The predicted octanol–water partition coefficient (Wildman–Crippen LogP) is 7.73. The van der Waals surface area contributed by atoms with Crippen molar-refractivity contribution in [3.05, 3.63) is 34.8 Å². The lowest BCUT2D eigenvalue weighted by molar-refractivity contribution is -0.139. The van der Waals surface area contributed by atoms with Gasteiger partial charge in [0.25, 0.3) is 0 Å². The van der Waals surface area contributed by atoms with Crippen molar-refractivity contribution in [2.24, 2.45) is 39.4 Å². The van der Waals surface area contributed by atoms with Crippen LogP contribution in [0.3, 0.4) is 0 Å². The SMILES string of the molecule is Cc1coc(C(=O)C(C)C2CCC3(C)C4=C(CCC23C)C2(C)CCC(=O)C(C)(C)C2CC4)c1. The van der Waals surface area contributed by atoms with E-state index in [0.29, 0.717) is 23.4 Å².